The molecule has 3 aromatic rings. The fourth-order valence-corrected chi connectivity index (χ4v) is 6.44. The molecule has 0 heterocycles. The number of methoxy groups -OCH3 is 1. The summed E-state index contributed by atoms with van der Waals surface area (Å²) in [6.45, 7) is 6.14. The molecule has 3 aromatic carbocycles. The van der Waals surface area contributed by atoms with Gasteiger partial charge in [0, 0.05) is 45.1 Å². The predicted molar refractivity (Wildman–Crippen MR) is 175 cm³/mol. The van der Waals surface area contributed by atoms with Gasteiger partial charge in [0.2, 0.25) is 11.8 Å². The molecule has 9 heteroatoms. The summed E-state index contributed by atoms with van der Waals surface area (Å²) in [5.74, 6) is -0.811. The van der Waals surface area contributed by atoms with E-state index in [9.17, 15) is 23.5 Å². The van der Waals surface area contributed by atoms with Crippen LogP contribution in [-0.2, 0) is 22.6 Å². The molecule has 1 saturated carbocycles. The predicted octanol–water partition coefficient (Wildman–Crippen LogP) is 5.61. The van der Waals surface area contributed by atoms with E-state index in [1.807, 2.05) is 59.5 Å². The molecule has 4 rings (SSSR count). The molecule has 0 bridgehead atoms. The molecular formula is C37H47F2N3O4. The van der Waals surface area contributed by atoms with Crippen LogP contribution in [0.15, 0.2) is 72.8 Å². The SMILES string of the molecule is CCCN(CCC)C(=O)C[C@@H]1[C@H](CC(=O)N[C@@H](Cc2cc(F)cc(F)c2)[C@H](O)CNCc2cccc(OC)c2)[C@H]1c1ccccc1. The summed E-state index contributed by atoms with van der Waals surface area (Å²) in [6, 6.07) is 19.9. The molecule has 7 nitrogen and oxygen atoms in total. The maximum Gasteiger partial charge on any atom is 0.222 e. The minimum Gasteiger partial charge on any atom is -0.497 e. The summed E-state index contributed by atoms with van der Waals surface area (Å²) in [6.07, 6.45) is 1.33. The lowest BCUT2D eigenvalue weighted by Gasteiger charge is -2.25. The molecule has 1 fully saturated rings. The number of halogens is 2. The van der Waals surface area contributed by atoms with E-state index >= 15 is 0 Å². The number of hydrogen-bond acceptors (Lipinski definition) is 5. The number of amides is 2. The molecule has 0 saturated heterocycles. The van der Waals surface area contributed by atoms with Crippen molar-refractivity contribution in [2.45, 2.75) is 70.6 Å². The summed E-state index contributed by atoms with van der Waals surface area (Å²) in [5.41, 5.74) is 2.39. The molecule has 248 valence electrons. The molecule has 5 atom stereocenters. The summed E-state index contributed by atoms with van der Waals surface area (Å²) >= 11 is 0. The van der Waals surface area contributed by atoms with Crippen molar-refractivity contribution in [1.82, 2.24) is 15.5 Å². The van der Waals surface area contributed by atoms with Crippen molar-refractivity contribution in [2.75, 3.05) is 26.7 Å². The summed E-state index contributed by atoms with van der Waals surface area (Å²) < 4.78 is 33.3. The molecule has 1 aliphatic carbocycles. The molecule has 0 aliphatic heterocycles. The fourth-order valence-electron chi connectivity index (χ4n) is 6.44. The van der Waals surface area contributed by atoms with Crippen molar-refractivity contribution in [3.05, 3.63) is 101 Å². The van der Waals surface area contributed by atoms with Gasteiger partial charge in [0.15, 0.2) is 0 Å². The summed E-state index contributed by atoms with van der Waals surface area (Å²) in [7, 11) is 1.59. The van der Waals surface area contributed by atoms with E-state index in [0.717, 1.165) is 35.8 Å². The van der Waals surface area contributed by atoms with Gasteiger partial charge in [-0.05, 0) is 78.0 Å². The van der Waals surface area contributed by atoms with E-state index in [4.69, 9.17) is 4.74 Å². The Hall–Kier alpha value is -3.82. The molecule has 3 N–H and O–H groups in total. The maximum atomic E-state index is 14.0. The second-order valence-corrected chi connectivity index (χ2v) is 12.3. The van der Waals surface area contributed by atoms with Crippen molar-refractivity contribution in [3.63, 3.8) is 0 Å². The van der Waals surface area contributed by atoms with Crippen molar-refractivity contribution in [3.8, 4) is 5.75 Å². The zero-order valence-corrected chi connectivity index (χ0v) is 27.1. The second kappa shape index (κ2) is 17.2. The van der Waals surface area contributed by atoms with Crippen LogP contribution in [0.5, 0.6) is 5.75 Å². The van der Waals surface area contributed by atoms with Crippen LogP contribution in [0.4, 0.5) is 8.78 Å². The number of carbonyl (C=O) groups excluding carboxylic acids is 2. The van der Waals surface area contributed by atoms with Crippen LogP contribution in [0.1, 0.15) is 62.1 Å². The Morgan fingerprint density at radius 3 is 2.22 bits per heavy atom. The number of benzene rings is 3. The van der Waals surface area contributed by atoms with Gasteiger partial charge >= 0.3 is 0 Å². The minimum atomic E-state index is -1.04. The second-order valence-electron chi connectivity index (χ2n) is 12.3. The average Bonchev–Trinajstić information content (AvgIpc) is 3.70. The Kier molecular flexibility index (Phi) is 13.1. The van der Waals surface area contributed by atoms with Gasteiger partial charge in [0.1, 0.15) is 17.4 Å². The third-order valence-corrected chi connectivity index (χ3v) is 8.69. The van der Waals surface area contributed by atoms with E-state index in [1.165, 1.54) is 12.1 Å². The van der Waals surface area contributed by atoms with Gasteiger partial charge in [-0.3, -0.25) is 9.59 Å². The highest BCUT2D eigenvalue weighted by atomic mass is 19.1. The zero-order chi connectivity index (χ0) is 33.1. The molecule has 0 spiro atoms. The van der Waals surface area contributed by atoms with Crippen molar-refractivity contribution in [2.24, 2.45) is 11.8 Å². The van der Waals surface area contributed by atoms with Crippen LogP contribution in [-0.4, -0.2) is 60.7 Å². The van der Waals surface area contributed by atoms with Crippen LogP contribution < -0.4 is 15.4 Å². The first-order chi connectivity index (χ1) is 22.2. The van der Waals surface area contributed by atoms with E-state index in [-0.39, 0.29) is 49.0 Å². The monoisotopic (exact) mass is 635 g/mol. The Balaban J connectivity index is 1.45. The van der Waals surface area contributed by atoms with Gasteiger partial charge in [-0.1, -0.05) is 56.3 Å². The number of aliphatic hydroxyl groups excluding tert-OH is 1. The van der Waals surface area contributed by atoms with E-state index in [0.29, 0.717) is 31.6 Å². The zero-order valence-electron chi connectivity index (χ0n) is 27.1. The topological polar surface area (TPSA) is 90.9 Å². The minimum absolute atomic E-state index is 0.0297. The van der Waals surface area contributed by atoms with Gasteiger partial charge in [-0.15, -0.1) is 0 Å². The largest absolute Gasteiger partial charge is 0.497 e. The van der Waals surface area contributed by atoms with Gasteiger partial charge in [0.05, 0.1) is 19.3 Å². The highest BCUT2D eigenvalue weighted by Crippen LogP contribution is 2.57. The normalized spacial score (nSPS) is 18.4. The maximum absolute atomic E-state index is 14.0. The Morgan fingerprint density at radius 1 is 0.891 bits per heavy atom. The summed E-state index contributed by atoms with van der Waals surface area (Å²) in [5, 5.41) is 17.4. The number of carbonyl (C=O) groups is 2. The smallest absolute Gasteiger partial charge is 0.222 e. The Labute approximate surface area is 271 Å². The number of nitrogens with zero attached hydrogens (tertiary/aromatic N) is 1. The van der Waals surface area contributed by atoms with Crippen LogP contribution in [0.25, 0.3) is 0 Å². The van der Waals surface area contributed by atoms with Crippen molar-refractivity contribution < 1.29 is 28.2 Å². The third kappa shape index (κ3) is 10.1. The lowest BCUT2D eigenvalue weighted by atomic mass is 10.00. The van der Waals surface area contributed by atoms with Crippen LogP contribution in [0.3, 0.4) is 0 Å². The summed E-state index contributed by atoms with van der Waals surface area (Å²) in [4.78, 5) is 28.7. The van der Waals surface area contributed by atoms with E-state index in [2.05, 4.69) is 24.5 Å². The van der Waals surface area contributed by atoms with Crippen LogP contribution in [0, 0.1) is 23.5 Å². The molecule has 0 aromatic heterocycles. The van der Waals surface area contributed by atoms with Crippen LogP contribution in [0.2, 0.25) is 0 Å². The first-order valence-electron chi connectivity index (χ1n) is 16.3. The standard InChI is InChI=1S/C37H47F2N3O4/c1-4-14-42(15-5-2)36(45)22-32-31(37(32)27-11-7-6-8-12-27)21-35(44)41-33(19-26-16-28(38)20-29(39)17-26)34(43)24-40-23-25-10-9-13-30(18-25)46-3/h6-13,16-18,20,31-34,37,40,43H,4-5,14-15,19,21-24H2,1-3H3,(H,41,44)/t31-,32+,33-,34+,37+/m0/s1. The fraction of sp³-hybridized carbons (Fsp3) is 0.459. The molecule has 1 aliphatic rings. The average molecular weight is 636 g/mol. The molecule has 2 amide bonds. The van der Waals surface area contributed by atoms with Gasteiger partial charge in [0.25, 0.3) is 0 Å². The first-order valence-corrected chi connectivity index (χ1v) is 16.3. The number of rotatable bonds is 18. The number of nitrogens with one attached hydrogen (secondary N) is 2. The van der Waals surface area contributed by atoms with Crippen LogP contribution >= 0.6 is 0 Å². The van der Waals surface area contributed by atoms with Crippen molar-refractivity contribution >= 4 is 11.8 Å². The Morgan fingerprint density at radius 2 is 1.57 bits per heavy atom. The van der Waals surface area contributed by atoms with Crippen molar-refractivity contribution in [1.29, 1.82) is 0 Å². The van der Waals surface area contributed by atoms with Gasteiger partial charge in [-0.2, -0.15) is 0 Å². The van der Waals surface area contributed by atoms with Gasteiger partial charge in [-0.25, -0.2) is 8.78 Å². The highest BCUT2D eigenvalue weighted by molar-refractivity contribution is 5.79. The lowest BCUT2D eigenvalue weighted by molar-refractivity contribution is -0.132. The first kappa shape index (κ1) is 35.0. The number of hydrogen-bond donors (Lipinski definition) is 3. The number of aliphatic hydroxyl groups is 1. The molecule has 0 radical (unpaired) electrons. The molecular weight excluding hydrogens is 588 g/mol. The Bertz CT molecular complexity index is 1400. The van der Waals surface area contributed by atoms with Gasteiger partial charge < -0.3 is 25.4 Å². The van der Waals surface area contributed by atoms with E-state index < -0.39 is 23.8 Å². The highest BCUT2D eigenvalue weighted by Gasteiger charge is 2.52. The third-order valence-electron chi connectivity index (χ3n) is 8.69. The molecule has 0 unspecified atom stereocenters. The lowest BCUT2D eigenvalue weighted by Crippen LogP contribution is -2.48. The number of ether oxygens (including phenoxy) is 1. The van der Waals surface area contributed by atoms with E-state index in [1.54, 1.807) is 7.11 Å². The quantitative estimate of drug-likeness (QED) is 0.169. The molecule has 46 heavy (non-hydrogen) atoms.